The van der Waals surface area contributed by atoms with E-state index in [1.807, 2.05) is 66.7 Å². The van der Waals surface area contributed by atoms with Gasteiger partial charge in [0.2, 0.25) is 5.91 Å². The fourth-order valence-corrected chi connectivity index (χ4v) is 10.8. The molecule has 0 unspecified atom stereocenters. The number of aliphatic hydroxyl groups is 1. The summed E-state index contributed by atoms with van der Waals surface area (Å²) >= 11 is 12.7. The molecule has 0 radical (unpaired) electrons. The number of hydrogen-bond acceptors (Lipinski definition) is 5. The molecule has 4 aliphatic rings. The molecule has 3 N–H and O–H groups in total. The molecule has 3 fully saturated rings. The van der Waals surface area contributed by atoms with Gasteiger partial charge in [-0.15, -0.1) is 0 Å². The van der Waals surface area contributed by atoms with Crippen molar-refractivity contribution in [2.75, 3.05) is 18.7 Å². The molecule has 2 saturated carbocycles. The van der Waals surface area contributed by atoms with Crippen LogP contribution in [-0.4, -0.2) is 46.9 Å². The van der Waals surface area contributed by atoms with Crippen molar-refractivity contribution in [3.05, 3.63) is 136 Å². The molecular weight excluding hydrogens is 744 g/mol. The van der Waals surface area contributed by atoms with Crippen LogP contribution in [0.25, 0.3) is 0 Å². The standard InChI is InChI=1S/C47H56Cl2FN3O3/c1-31-18-21-36(22-19-31)51-30-56-29-40-41(38(50)17-11-12-32(2)48)47(37-23-20-35(49)28-39(37)52-44(47)55)46(26-24-45(3,4)25-27-46)53(40)42(33-13-7-5-8-14-33)43(54)34-15-9-6-10-16-34/h5-17,20,23,28,31,36,40-43,51,54H,2,18-19,21-22,24-27,29-30H2,1,3-4H3,(H,52,55)/b12-11-,38-17-/t31?,36?,40-,41-,42+,43-,47+/m0/s1. The number of nitrogens with one attached hydrogen (secondary N) is 2. The van der Waals surface area contributed by atoms with Crippen LogP contribution >= 0.6 is 23.2 Å². The van der Waals surface area contributed by atoms with E-state index in [1.165, 1.54) is 18.9 Å². The second-order valence-electron chi connectivity index (χ2n) is 17.3. The number of anilines is 1. The van der Waals surface area contributed by atoms with Crippen LogP contribution in [0.3, 0.4) is 0 Å². The highest BCUT2D eigenvalue weighted by Crippen LogP contribution is 2.68. The number of amides is 1. The molecule has 9 heteroatoms. The molecule has 56 heavy (non-hydrogen) atoms. The third kappa shape index (κ3) is 7.68. The Morgan fingerprint density at radius 3 is 2.30 bits per heavy atom. The van der Waals surface area contributed by atoms with Gasteiger partial charge in [0.05, 0.1) is 25.5 Å². The zero-order valence-electron chi connectivity index (χ0n) is 32.8. The van der Waals surface area contributed by atoms with E-state index >= 15 is 9.18 Å². The number of hydrogen-bond donors (Lipinski definition) is 3. The van der Waals surface area contributed by atoms with E-state index in [2.05, 4.69) is 42.9 Å². The Morgan fingerprint density at radius 1 is 1.02 bits per heavy atom. The number of likely N-dealkylation sites (tertiary alicyclic amines) is 1. The smallest absolute Gasteiger partial charge is 0.237 e. The van der Waals surface area contributed by atoms with Gasteiger partial charge in [0.1, 0.15) is 11.2 Å². The molecule has 298 valence electrons. The van der Waals surface area contributed by atoms with E-state index in [4.69, 9.17) is 27.9 Å². The minimum Gasteiger partial charge on any atom is -0.386 e. The first-order chi connectivity index (χ1) is 26.9. The first-order valence-corrected chi connectivity index (χ1v) is 21.0. The minimum absolute atomic E-state index is 0.0143. The lowest BCUT2D eigenvalue weighted by molar-refractivity contribution is -0.131. The summed E-state index contributed by atoms with van der Waals surface area (Å²) in [5, 5.41) is 20.4. The first-order valence-electron chi connectivity index (χ1n) is 20.2. The fraction of sp³-hybridized carbons (Fsp3) is 0.468. The van der Waals surface area contributed by atoms with Crippen LogP contribution in [0.4, 0.5) is 10.1 Å². The number of allylic oxidation sites excluding steroid dienone is 4. The van der Waals surface area contributed by atoms with Crippen LogP contribution in [0.5, 0.6) is 0 Å². The normalized spacial score (nSPS) is 28.4. The molecule has 6 nitrogen and oxygen atoms in total. The molecule has 1 saturated heterocycles. The zero-order chi connectivity index (χ0) is 39.7. The SMILES string of the molecule is C=C(Cl)/C=C\C=C(/F)[C@H]1[C@H](COCNC2CCC(C)CC2)N([C@H](c2ccccc2)[C@@H](O)c2ccccc2)C2(CCC(C)(C)CC2)[C@@]12C(=O)Nc1cc(Cl)ccc12. The summed E-state index contributed by atoms with van der Waals surface area (Å²) in [4.78, 5) is 17.7. The molecule has 0 bridgehead atoms. The van der Waals surface area contributed by atoms with Crippen LogP contribution in [0.2, 0.25) is 5.02 Å². The Balaban J connectivity index is 1.47. The summed E-state index contributed by atoms with van der Waals surface area (Å²) in [6.45, 7) is 11.0. The zero-order valence-corrected chi connectivity index (χ0v) is 34.3. The fourth-order valence-electron chi connectivity index (χ4n) is 10.5. The van der Waals surface area contributed by atoms with Gasteiger partial charge >= 0.3 is 0 Å². The first kappa shape index (κ1) is 40.9. The van der Waals surface area contributed by atoms with Crippen molar-refractivity contribution in [1.82, 2.24) is 10.2 Å². The van der Waals surface area contributed by atoms with Gasteiger partial charge < -0.3 is 15.2 Å². The van der Waals surface area contributed by atoms with Gasteiger partial charge in [-0.2, -0.15) is 0 Å². The number of ether oxygens (including phenoxy) is 1. The van der Waals surface area contributed by atoms with Gasteiger partial charge in [-0.05, 0) is 104 Å². The summed E-state index contributed by atoms with van der Waals surface area (Å²) in [6.07, 6.45) is 10.8. The molecule has 1 amide bonds. The quantitative estimate of drug-likeness (QED) is 0.0967. The number of benzene rings is 3. The molecule has 2 heterocycles. The lowest BCUT2D eigenvalue weighted by atomic mass is 9.53. The maximum atomic E-state index is 17.9. The lowest BCUT2D eigenvalue weighted by Crippen LogP contribution is -2.63. The average molecular weight is 801 g/mol. The highest BCUT2D eigenvalue weighted by Gasteiger charge is 2.76. The summed E-state index contributed by atoms with van der Waals surface area (Å²) in [6, 6.07) is 24.1. The molecule has 2 aliphatic heterocycles. The van der Waals surface area contributed by atoms with Crippen molar-refractivity contribution in [2.24, 2.45) is 17.3 Å². The predicted octanol–water partition coefficient (Wildman–Crippen LogP) is 10.9. The van der Waals surface area contributed by atoms with Gasteiger partial charge in [-0.25, -0.2) is 4.39 Å². The van der Waals surface area contributed by atoms with E-state index in [1.54, 1.807) is 24.3 Å². The number of fused-ring (bicyclic) bond motifs is 3. The van der Waals surface area contributed by atoms with Gasteiger partial charge in [-0.3, -0.25) is 15.0 Å². The van der Waals surface area contributed by atoms with Crippen LogP contribution in [0.15, 0.2) is 115 Å². The third-order valence-corrected chi connectivity index (χ3v) is 13.7. The molecule has 3 aromatic rings. The van der Waals surface area contributed by atoms with Crippen LogP contribution in [-0.2, 0) is 14.9 Å². The van der Waals surface area contributed by atoms with Crippen LogP contribution in [0, 0.1) is 17.3 Å². The Labute approximate surface area is 342 Å². The summed E-state index contributed by atoms with van der Waals surface area (Å²) in [5.41, 5.74) is 0.525. The van der Waals surface area contributed by atoms with Crippen molar-refractivity contribution in [2.45, 2.75) is 107 Å². The molecule has 0 aromatic heterocycles. The number of aliphatic hydroxyl groups excluding tert-OH is 1. The van der Waals surface area contributed by atoms with E-state index in [0.717, 1.165) is 42.7 Å². The van der Waals surface area contributed by atoms with Gasteiger partial charge in [0.25, 0.3) is 0 Å². The maximum Gasteiger partial charge on any atom is 0.237 e. The largest absolute Gasteiger partial charge is 0.386 e. The Kier molecular flexibility index (Phi) is 12.3. The predicted molar refractivity (Wildman–Crippen MR) is 225 cm³/mol. The van der Waals surface area contributed by atoms with Crippen molar-refractivity contribution in [3.63, 3.8) is 0 Å². The number of nitrogens with zero attached hydrogens (tertiary/aromatic N) is 1. The summed E-state index contributed by atoms with van der Waals surface area (Å²) < 4.78 is 24.6. The average Bonchev–Trinajstić information content (AvgIpc) is 3.60. The van der Waals surface area contributed by atoms with Crippen LogP contribution in [0.1, 0.15) is 101 Å². The molecule has 5 atom stereocenters. The second kappa shape index (κ2) is 16.9. The molecule has 7 rings (SSSR count). The van der Waals surface area contributed by atoms with Crippen molar-refractivity contribution < 1.29 is 19.0 Å². The van der Waals surface area contributed by atoms with Gasteiger partial charge in [0.15, 0.2) is 0 Å². The number of rotatable bonds is 12. The van der Waals surface area contributed by atoms with Crippen molar-refractivity contribution in [3.8, 4) is 0 Å². The summed E-state index contributed by atoms with van der Waals surface area (Å²) in [7, 11) is 0. The Hall–Kier alpha value is -3.30. The molecule has 3 aromatic carbocycles. The van der Waals surface area contributed by atoms with E-state index in [9.17, 15) is 5.11 Å². The Morgan fingerprint density at radius 2 is 1.66 bits per heavy atom. The van der Waals surface area contributed by atoms with E-state index < -0.39 is 40.9 Å². The maximum absolute atomic E-state index is 17.9. The van der Waals surface area contributed by atoms with Gasteiger partial charge in [-0.1, -0.05) is 123 Å². The van der Waals surface area contributed by atoms with Gasteiger partial charge in [0, 0.05) is 39.3 Å². The number of carbonyl (C=O) groups excluding carboxylic acids is 1. The highest BCUT2D eigenvalue weighted by atomic mass is 35.5. The lowest BCUT2D eigenvalue weighted by Gasteiger charge is -2.56. The van der Waals surface area contributed by atoms with Crippen molar-refractivity contribution >= 4 is 34.8 Å². The second-order valence-corrected chi connectivity index (χ2v) is 18.3. The Bertz CT molecular complexity index is 1920. The summed E-state index contributed by atoms with van der Waals surface area (Å²) in [5.74, 6) is -1.02. The monoisotopic (exact) mass is 799 g/mol. The third-order valence-electron chi connectivity index (χ3n) is 13.4. The minimum atomic E-state index is -1.42. The molecule has 2 spiro atoms. The highest BCUT2D eigenvalue weighted by molar-refractivity contribution is 6.31. The molecular formula is C47H56Cl2FN3O3. The van der Waals surface area contributed by atoms with Crippen LogP contribution < -0.4 is 10.6 Å². The van der Waals surface area contributed by atoms with E-state index in [0.29, 0.717) is 35.2 Å². The topological polar surface area (TPSA) is 73.8 Å². The molecule has 2 aliphatic carbocycles. The number of halogens is 3. The number of carbonyl (C=O) groups is 1. The van der Waals surface area contributed by atoms with E-state index in [-0.39, 0.29) is 29.7 Å². The van der Waals surface area contributed by atoms with Crippen molar-refractivity contribution in [1.29, 1.82) is 0 Å².